The number of aromatic amines is 1. The van der Waals surface area contributed by atoms with Crippen LogP contribution in [0.2, 0.25) is 0 Å². The third kappa shape index (κ3) is 4.94. The predicted octanol–water partition coefficient (Wildman–Crippen LogP) is 0.829. The Bertz CT molecular complexity index is 658. The number of halogens is 1. The molecule has 0 aliphatic carbocycles. The number of benzene rings is 1. The average molecular weight is 340 g/mol. The number of rotatable bonds is 7. The van der Waals surface area contributed by atoms with Gasteiger partial charge in [-0.2, -0.15) is 5.10 Å². The van der Waals surface area contributed by atoms with Crippen molar-refractivity contribution in [2.75, 3.05) is 19.6 Å². The van der Waals surface area contributed by atoms with E-state index in [2.05, 4.69) is 26.1 Å². The van der Waals surface area contributed by atoms with Crippen molar-refractivity contribution in [3.8, 4) is 0 Å². The van der Waals surface area contributed by atoms with Gasteiger partial charge in [-0.3, -0.25) is 14.7 Å². The minimum absolute atomic E-state index is 0. The molecule has 1 heterocycles. The molecule has 0 spiro atoms. The highest BCUT2D eigenvalue weighted by molar-refractivity contribution is 6.05. The van der Waals surface area contributed by atoms with Gasteiger partial charge in [0.2, 0.25) is 5.91 Å². The van der Waals surface area contributed by atoms with Crippen LogP contribution in [0.15, 0.2) is 24.3 Å². The molecule has 1 aromatic carbocycles. The molecule has 2 rings (SSSR count). The Morgan fingerprint density at radius 1 is 1.26 bits per heavy atom. The van der Waals surface area contributed by atoms with E-state index in [4.69, 9.17) is 0 Å². The number of carbonyl (C=O) groups excluding carboxylic acids is 2. The van der Waals surface area contributed by atoms with Crippen molar-refractivity contribution in [3.05, 3.63) is 30.0 Å². The summed E-state index contributed by atoms with van der Waals surface area (Å²) < 4.78 is 0. The van der Waals surface area contributed by atoms with Gasteiger partial charge in [0, 0.05) is 18.5 Å². The van der Waals surface area contributed by atoms with E-state index in [0.717, 1.165) is 17.4 Å². The van der Waals surface area contributed by atoms with E-state index < -0.39 is 6.04 Å². The Kier molecular flexibility index (Phi) is 7.50. The molecule has 23 heavy (non-hydrogen) atoms. The Hall–Kier alpha value is -2.12. The van der Waals surface area contributed by atoms with Gasteiger partial charge < -0.3 is 16.0 Å². The molecule has 2 amide bonds. The quantitative estimate of drug-likeness (QED) is 0.561. The van der Waals surface area contributed by atoms with Crippen molar-refractivity contribution < 1.29 is 9.59 Å². The normalized spacial score (nSPS) is 11.6. The Morgan fingerprint density at radius 2 is 2.00 bits per heavy atom. The molecule has 1 unspecified atom stereocenters. The maximum Gasteiger partial charge on any atom is 0.273 e. The van der Waals surface area contributed by atoms with Crippen LogP contribution < -0.4 is 16.0 Å². The lowest BCUT2D eigenvalue weighted by molar-refractivity contribution is -0.122. The molecule has 0 saturated carbocycles. The first-order valence-electron chi connectivity index (χ1n) is 7.36. The first kappa shape index (κ1) is 18.9. The lowest BCUT2D eigenvalue weighted by Gasteiger charge is -2.13. The average Bonchev–Trinajstić information content (AvgIpc) is 2.95. The van der Waals surface area contributed by atoms with Crippen LogP contribution in [-0.4, -0.2) is 47.7 Å². The van der Waals surface area contributed by atoms with E-state index >= 15 is 0 Å². The zero-order chi connectivity index (χ0) is 15.9. The Balaban J connectivity index is 0.00000264. The highest BCUT2D eigenvalue weighted by atomic mass is 35.5. The number of H-pyrrole nitrogens is 1. The van der Waals surface area contributed by atoms with Crippen LogP contribution in [-0.2, 0) is 4.79 Å². The topological polar surface area (TPSA) is 98.9 Å². The summed E-state index contributed by atoms with van der Waals surface area (Å²) in [7, 11) is 0. The summed E-state index contributed by atoms with van der Waals surface area (Å²) in [5.74, 6) is -0.585. The van der Waals surface area contributed by atoms with Crippen LogP contribution in [0.3, 0.4) is 0 Å². The third-order valence-corrected chi connectivity index (χ3v) is 3.28. The fourth-order valence-corrected chi connectivity index (χ4v) is 2.07. The fraction of sp³-hybridized carbons (Fsp3) is 0.400. The molecule has 0 bridgehead atoms. The van der Waals surface area contributed by atoms with Crippen LogP contribution >= 0.6 is 12.4 Å². The predicted molar refractivity (Wildman–Crippen MR) is 91.8 cm³/mol. The molecule has 4 N–H and O–H groups in total. The third-order valence-electron chi connectivity index (χ3n) is 3.28. The number of hydrogen-bond acceptors (Lipinski definition) is 4. The Labute approximate surface area is 141 Å². The van der Waals surface area contributed by atoms with Crippen molar-refractivity contribution in [1.82, 2.24) is 26.1 Å². The number of likely N-dealkylation sites (N-methyl/N-ethyl adjacent to an activating group) is 1. The molecular formula is C15H22ClN5O2. The first-order chi connectivity index (χ1) is 10.6. The first-order valence-corrected chi connectivity index (χ1v) is 7.36. The van der Waals surface area contributed by atoms with Crippen LogP contribution in [0.25, 0.3) is 10.9 Å². The van der Waals surface area contributed by atoms with Crippen molar-refractivity contribution in [3.63, 3.8) is 0 Å². The van der Waals surface area contributed by atoms with E-state index in [1.807, 2.05) is 31.2 Å². The lowest BCUT2D eigenvalue weighted by Crippen LogP contribution is -2.46. The molecule has 0 radical (unpaired) electrons. The molecule has 0 fully saturated rings. The van der Waals surface area contributed by atoms with Gasteiger partial charge in [-0.1, -0.05) is 25.1 Å². The summed E-state index contributed by atoms with van der Waals surface area (Å²) in [4.78, 5) is 24.1. The summed E-state index contributed by atoms with van der Waals surface area (Å²) >= 11 is 0. The molecular weight excluding hydrogens is 318 g/mol. The van der Waals surface area contributed by atoms with E-state index in [0.29, 0.717) is 18.8 Å². The largest absolute Gasteiger partial charge is 0.353 e. The zero-order valence-corrected chi connectivity index (χ0v) is 14.0. The van der Waals surface area contributed by atoms with Gasteiger partial charge >= 0.3 is 0 Å². The van der Waals surface area contributed by atoms with Gasteiger partial charge in [0.15, 0.2) is 5.69 Å². The summed E-state index contributed by atoms with van der Waals surface area (Å²) in [6.07, 6.45) is 0. The molecule has 0 saturated heterocycles. The molecule has 1 atom stereocenters. The number of carbonyl (C=O) groups is 2. The van der Waals surface area contributed by atoms with Crippen molar-refractivity contribution >= 4 is 35.1 Å². The van der Waals surface area contributed by atoms with Crippen LogP contribution in [0.5, 0.6) is 0 Å². The van der Waals surface area contributed by atoms with Gasteiger partial charge in [0.1, 0.15) is 6.04 Å². The standard InChI is InChI=1S/C15H21N5O2.ClH/c1-3-16-8-9-17-14(21)10(2)18-15(22)13-11-6-4-5-7-12(11)19-20-13;/h4-7,10,16H,3,8-9H2,1-2H3,(H,17,21)(H,18,22)(H,19,20);1H. The number of nitrogens with one attached hydrogen (secondary N) is 4. The number of para-hydroxylation sites is 1. The molecule has 2 aromatic rings. The van der Waals surface area contributed by atoms with Crippen molar-refractivity contribution in [2.24, 2.45) is 0 Å². The minimum Gasteiger partial charge on any atom is -0.353 e. The van der Waals surface area contributed by atoms with E-state index in [1.165, 1.54) is 0 Å². The van der Waals surface area contributed by atoms with E-state index in [1.54, 1.807) is 6.92 Å². The van der Waals surface area contributed by atoms with Gasteiger partial charge in [0.05, 0.1) is 5.52 Å². The molecule has 8 heteroatoms. The number of amides is 2. The van der Waals surface area contributed by atoms with Gasteiger partial charge in [-0.15, -0.1) is 12.4 Å². The SMILES string of the molecule is CCNCCNC(=O)C(C)NC(=O)c1n[nH]c2ccccc12.Cl. The number of fused-ring (bicyclic) bond motifs is 1. The maximum atomic E-state index is 12.2. The number of nitrogens with zero attached hydrogens (tertiary/aromatic N) is 1. The van der Waals surface area contributed by atoms with Gasteiger partial charge in [0.25, 0.3) is 5.91 Å². The van der Waals surface area contributed by atoms with Crippen LogP contribution in [0.4, 0.5) is 0 Å². The molecule has 0 aliphatic heterocycles. The zero-order valence-electron chi connectivity index (χ0n) is 13.2. The second-order valence-electron chi connectivity index (χ2n) is 4.96. The number of hydrogen-bond donors (Lipinski definition) is 4. The molecule has 1 aromatic heterocycles. The van der Waals surface area contributed by atoms with Crippen LogP contribution in [0.1, 0.15) is 24.3 Å². The maximum absolute atomic E-state index is 12.2. The Morgan fingerprint density at radius 3 is 2.74 bits per heavy atom. The monoisotopic (exact) mass is 339 g/mol. The van der Waals surface area contributed by atoms with E-state index in [-0.39, 0.29) is 24.2 Å². The van der Waals surface area contributed by atoms with Gasteiger partial charge in [-0.05, 0) is 19.5 Å². The summed E-state index contributed by atoms with van der Waals surface area (Å²) in [5.41, 5.74) is 1.08. The fourth-order valence-electron chi connectivity index (χ4n) is 2.07. The van der Waals surface area contributed by atoms with E-state index in [9.17, 15) is 9.59 Å². The molecule has 0 aliphatic rings. The second kappa shape index (κ2) is 9.12. The second-order valence-corrected chi connectivity index (χ2v) is 4.96. The van der Waals surface area contributed by atoms with Crippen molar-refractivity contribution in [1.29, 1.82) is 0 Å². The highest BCUT2D eigenvalue weighted by Gasteiger charge is 2.19. The summed E-state index contributed by atoms with van der Waals surface area (Å²) in [5, 5.41) is 16.1. The summed E-state index contributed by atoms with van der Waals surface area (Å²) in [6, 6.07) is 6.74. The minimum atomic E-state index is -0.621. The molecule has 126 valence electrons. The van der Waals surface area contributed by atoms with Gasteiger partial charge in [-0.25, -0.2) is 0 Å². The smallest absolute Gasteiger partial charge is 0.273 e. The van der Waals surface area contributed by atoms with Crippen molar-refractivity contribution in [2.45, 2.75) is 19.9 Å². The number of aromatic nitrogens is 2. The highest BCUT2D eigenvalue weighted by Crippen LogP contribution is 2.14. The lowest BCUT2D eigenvalue weighted by atomic mass is 10.2. The summed E-state index contributed by atoms with van der Waals surface area (Å²) in [6.45, 7) is 5.73. The molecule has 7 nitrogen and oxygen atoms in total. The van der Waals surface area contributed by atoms with Crippen LogP contribution in [0, 0.1) is 0 Å².